The standard InChI is InChI=1S/C15H10Cl2INO2/c16-11-2-1-3-12(17)10(11)7-19-13-5-4-9(18)6-14(13)21-8-15(19)20/h1-6H,7-8H2. The molecule has 0 atom stereocenters. The van der Waals surface area contributed by atoms with Crippen LogP contribution < -0.4 is 9.64 Å². The molecule has 1 amide bonds. The van der Waals surface area contributed by atoms with Crippen LogP contribution in [0.2, 0.25) is 10.0 Å². The summed E-state index contributed by atoms with van der Waals surface area (Å²) in [5, 5.41) is 1.10. The number of hydrogen-bond donors (Lipinski definition) is 0. The largest absolute Gasteiger partial charge is 0.482 e. The lowest BCUT2D eigenvalue weighted by molar-refractivity contribution is -0.121. The maximum Gasteiger partial charge on any atom is 0.265 e. The highest BCUT2D eigenvalue weighted by Crippen LogP contribution is 2.36. The molecule has 0 radical (unpaired) electrons. The molecular weight excluding hydrogens is 424 g/mol. The molecule has 0 saturated carbocycles. The maximum atomic E-state index is 12.2. The van der Waals surface area contributed by atoms with Gasteiger partial charge in [-0.15, -0.1) is 0 Å². The highest BCUT2D eigenvalue weighted by atomic mass is 127. The zero-order valence-corrected chi connectivity index (χ0v) is 14.4. The molecule has 3 rings (SSSR count). The number of halogens is 3. The van der Waals surface area contributed by atoms with Crippen LogP contribution in [0.4, 0.5) is 5.69 Å². The molecule has 21 heavy (non-hydrogen) atoms. The summed E-state index contributed by atoms with van der Waals surface area (Å²) in [7, 11) is 0. The highest BCUT2D eigenvalue weighted by molar-refractivity contribution is 14.1. The van der Waals surface area contributed by atoms with Crippen LogP contribution in [0.1, 0.15) is 5.56 Å². The van der Waals surface area contributed by atoms with Gasteiger partial charge in [0.15, 0.2) is 6.61 Å². The number of nitrogens with zero attached hydrogens (tertiary/aromatic N) is 1. The Labute approximate surface area is 145 Å². The molecule has 6 heteroatoms. The van der Waals surface area contributed by atoms with Crippen molar-refractivity contribution >= 4 is 57.4 Å². The van der Waals surface area contributed by atoms with Gasteiger partial charge in [-0.25, -0.2) is 0 Å². The van der Waals surface area contributed by atoms with Crippen LogP contribution in [0.3, 0.4) is 0 Å². The first-order chi connectivity index (χ1) is 10.1. The Morgan fingerprint density at radius 3 is 2.62 bits per heavy atom. The summed E-state index contributed by atoms with van der Waals surface area (Å²) in [4.78, 5) is 13.8. The molecule has 2 aromatic rings. The Morgan fingerprint density at radius 2 is 1.90 bits per heavy atom. The monoisotopic (exact) mass is 433 g/mol. The SMILES string of the molecule is O=C1COc2cc(I)ccc2N1Cc1c(Cl)cccc1Cl. The summed E-state index contributed by atoms with van der Waals surface area (Å²) >= 11 is 14.6. The zero-order chi connectivity index (χ0) is 15.0. The molecule has 0 unspecified atom stereocenters. The number of hydrogen-bond acceptors (Lipinski definition) is 2. The van der Waals surface area contributed by atoms with Crippen LogP contribution in [0.25, 0.3) is 0 Å². The second-order valence-electron chi connectivity index (χ2n) is 4.58. The first-order valence-corrected chi connectivity index (χ1v) is 8.05. The summed E-state index contributed by atoms with van der Waals surface area (Å²) < 4.78 is 6.54. The first kappa shape index (κ1) is 14.9. The zero-order valence-electron chi connectivity index (χ0n) is 10.8. The van der Waals surface area contributed by atoms with Gasteiger partial charge in [-0.3, -0.25) is 4.79 Å². The topological polar surface area (TPSA) is 29.5 Å². The molecule has 0 spiro atoms. The second-order valence-corrected chi connectivity index (χ2v) is 6.64. The van der Waals surface area contributed by atoms with Crippen LogP contribution >= 0.6 is 45.8 Å². The molecular formula is C15H10Cl2INO2. The smallest absolute Gasteiger partial charge is 0.265 e. The Kier molecular flexibility index (Phi) is 4.28. The minimum Gasteiger partial charge on any atom is -0.482 e. The summed E-state index contributed by atoms with van der Waals surface area (Å²) in [6, 6.07) is 11.0. The van der Waals surface area contributed by atoms with Crippen molar-refractivity contribution in [2.45, 2.75) is 6.54 Å². The van der Waals surface area contributed by atoms with E-state index in [2.05, 4.69) is 22.6 Å². The lowest BCUT2D eigenvalue weighted by atomic mass is 10.1. The van der Waals surface area contributed by atoms with Crippen molar-refractivity contribution < 1.29 is 9.53 Å². The molecule has 3 nitrogen and oxygen atoms in total. The van der Waals surface area contributed by atoms with Crippen molar-refractivity contribution in [3.05, 3.63) is 55.6 Å². The molecule has 1 heterocycles. The number of fused-ring (bicyclic) bond motifs is 1. The number of benzene rings is 2. The van der Waals surface area contributed by atoms with E-state index >= 15 is 0 Å². The van der Waals surface area contributed by atoms with E-state index in [9.17, 15) is 4.79 Å². The summed E-state index contributed by atoms with van der Waals surface area (Å²) in [6.07, 6.45) is 0. The van der Waals surface area contributed by atoms with Gasteiger partial charge in [-0.1, -0.05) is 29.3 Å². The molecule has 0 fully saturated rings. The van der Waals surface area contributed by atoms with Crippen LogP contribution in [0, 0.1) is 3.57 Å². The minimum absolute atomic E-state index is 0.0230. The van der Waals surface area contributed by atoms with Gasteiger partial charge in [0.2, 0.25) is 0 Å². The third-order valence-corrected chi connectivity index (χ3v) is 4.62. The average molecular weight is 434 g/mol. The average Bonchev–Trinajstić information content (AvgIpc) is 2.45. The molecule has 0 aliphatic carbocycles. The van der Waals surface area contributed by atoms with E-state index in [1.807, 2.05) is 18.2 Å². The molecule has 2 aromatic carbocycles. The van der Waals surface area contributed by atoms with Crippen molar-refractivity contribution in [3.8, 4) is 5.75 Å². The van der Waals surface area contributed by atoms with Gasteiger partial charge in [-0.2, -0.15) is 0 Å². The van der Waals surface area contributed by atoms with E-state index in [0.717, 1.165) is 14.8 Å². The van der Waals surface area contributed by atoms with E-state index in [0.29, 0.717) is 22.3 Å². The van der Waals surface area contributed by atoms with Crippen molar-refractivity contribution in [1.29, 1.82) is 0 Å². The fraction of sp³-hybridized carbons (Fsp3) is 0.133. The molecule has 1 aliphatic rings. The van der Waals surface area contributed by atoms with Crippen molar-refractivity contribution in [2.75, 3.05) is 11.5 Å². The molecule has 0 saturated heterocycles. The Bertz CT molecular complexity index is 701. The number of amides is 1. The third-order valence-electron chi connectivity index (χ3n) is 3.24. The van der Waals surface area contributed by atoms with Gasteiger partial charge in [0.1, 0.15) is 5.75 Å². The predicted octanol–water partition coefficient (Wildman–Crippen LogP) is 4.52. The third kappa shape index (κ3) is 2.98. The number of rotatable bonds is 2. The second kappa shape index (κ2) is 6.02. The molecule has 108 valence electrons. The molecule has 0 N–H and O–H groups in total. The fourth-order valence-corrected chi connectivity index (χ4v) is 3.17. The molecule has 0 aromatic heterocycles. The highest BCUT2D eigenvalue weighted by Gasteiger charge is 2.26. The molecule has 0 bridgehead atoms. The van der Waals surface area contributed by atoms with Crippen LogP contribution in [-0.4, -0.2) is 12.5 Å². The van der Waals surface area contributed by atoms with Crippen molar-refractivity contribution in [1.82, 2.24) is 0 Å². The van der Waals surface area contributed by atoms with E-state index in [-0.39, 0.29) is 12.5 Å². The van der Waals surface area contributed by atoms with E-state index in [1.54, 1.807) is 23.1 Å². The summed E-state index contributed by atoms with van der Waals surface area (Å²) in [5.41, 5.74) is 1.48. The van der Waals surface area contributed by atoms with E-state index < -0.39 is 0 Å². The maximum absolute atomic E-state index is 12.2. The first-order valence-electron chi connectivity index (χ1n) is 6.22. The summed E-state index contributed by atoms with van der Waals surface area (Å²) in [5.74, 6) is 0.587. The van der Waals surface area contributed by atoms with Gasteiger partial charge < -0.3 is 9.64 Å². The quantitative estimate of drug-likeness (QED) is 0.651. The minimum atomic E-state index is -0.111. The van der Waals surface area contributed by atoms with Crippen molar-refractivity contribution in [3.63, 3.8) is 0 Å². The number of carbonyl (C=O) groups is 1. The van der Waals surface area contributed by atoms with Gasteiger partial charge in [0, 0.05) is 19.2 Å². The van der Waals surface area contributed by atoms with Crippen LogP contribution in [0.15, 0.2) is 36.4 Å². The predicted molar refractivity (Wildman–Crippen MR) is 92.3 cm³/mol. The lowest BCUT2D eigenvalue weighted by Crippen LogP contribution is -2.38. The van der Waals surface area contributed by atoms with Crippen LogP contribution in [-0.2, 0) is 11.3 Å². The number of anilines is 1. The van der Waals surface area contributed by atoms with Crippen molar-refractivity contribution in [2.24, 2.45) is 0 Å². The van der Waals surface area contributed by atoms with Gasteiger partial charge in [-0.05, 0) is 52.9 Å². The Hall–Kier alpha value is -0.980. The van der Waals surface area contributed by atoms with E-state index in [1.165, 1.54) is 0 Å². The van der Waals surface area contributed by atoms with E-state index in [4.69, 9.17) is 27.9 Å². The fourth-order valence-electron chi connectivity index (χ4n) is 2.19. The number of ether oxygens (including phenoxy) is 1. The van der Waals surface area contributed by atoms with Crippen LogP contribution in [0.5, 0.6) is 5.75 Å². The number of carbonyl (C=O) groups excluding carboxylic acids is 1. The van der Waals surface area contributed by atoms with Gasteiger partial charge in [0.05, 0.1) is 12.2 Å². The molecule has 1 aliphatic heterocycles. The summed E-state index contributed by atoms with van der Waals surface area (Å²) in [6.45, 7) is 0.351. The van der Waals surface area contributed by atoms with Gasteiger partial charge >= 0.3 is 0 Å². The normalized spacial score (nSPS) is 13.9. The Morgan fingerprint density at radius 1 is 1.19 bits per heavy atom. The van der Waals surface area contributed by atoms with Gasteiger partial charge in [0.25, 0.3) is 5.91 Å². The lowest BCUT2D eigenvalue weighted by Gasteiger charge is -2.30. The Balaban J connectivity index is 2.01.